The molecule has 0 spiro atoms. The van der Waals surface area contributed by atoms with Crippen molar-refractivity contribution in [3.05, 3.63) is 30.7 Å². The van der Waals surface area contributed by atoms with Crippen molar-refractivity contribution >= 4 is 0 Å². The Morgan fingerprint density at radius 1 is 1.13 bits per heavy atom. The molecule has 2 rings (SSSR count). The van der Waals surface area contributed by atoms with Crippen molar-refractivity contribution in [3.8, 4) is 5.82 Å². The summed E-state index contributed by atoms with van der Waals surface area (Å²) in [6.07, 6.45) is 4.66. The lowest BCUT2D eigenvalue weighted by Gasteiger charge is -2.17. The smallest absolute Gasteiger partial charge is 0.158 e. The molecule has 5 nitrogen and oxygen atoms in total. The second-order valence-corrected chi connectivity index (χ2v) is 4.35. The molecule has 15 heavy (non-hydrogen) atoms. The predicted octanol–water partition coefficient (Wildman–Crippen LogP) is 1.35. The molecule has 0 radical (unpaired) electrons. The maximum absolute atomic E-state index is 4.25. The van der Waals surface area contributed by atoms with Crippen molar-refractivity contribution < 1.29 is 0 Å². The number of aromatic nitrogens is 5. The lowest BCUT2D eigenvalue weighted by atomic mass is 9.92. The van der Waals surface area contributed by atoms with Crippen molar-refractivity contribution in [1.29, 1.82) is 0 Å². The van der Waals surface area contributed by atoms with Gasteiger partial charge in [0, 0.05) is 11.5 Å². The fourth-order valence-electron chi connectivity index (χ4n) is 1.21. The maximum atomic E-state index is 4.25. The molecular formula is C10H13N5. The number of hydrogen-bond acceptors (Lipinski definition) is 4. The second kappa shape index (κ2) is 3.42. The van der Waals surface area contributed by atoms with E-state index in [0.29, 0.717) is 0 Å². The third kappa shape index (κ3) is 2.01. The van der Waals surface area contributed by atoms with Crippen LogP contribution in [0.5, 0.6) is 0 Å². The van der Waals surface area contributed by atoms with Gasteiger partial charge in [-0.1, -0.05) is 20.8 Å². The lowest BCUT2D eigenvalue weighted by molar-refractivity contribution is 0.565. The quantitative estimate of drug-likeness (QED) is 0.702. The summed E-state index contributed by atoms with van der Waals surface area (Å²) >= 11 is 0. The molecule has 0 unspecified atom stereocenters. The highest BCUT2D eigenvalue weighted by atomic mass is 15.3. The topological polar surface area (TPSA) is 56.5 Å². The van der Waals surface area contributed by atoms with Gasteiger partial charge in [-0.3, -0.25) is 0 Å². The number of nitrogens with zero attached hydrogens (tertiary/aromatic N) is 5. The van der Waals surface area contributed by atoms with E-state index in [-0.39, 0.29) is 5.41 Å². The highest BCUT2D eigenvalue weighted by molar-refractivity contribution is 5.25. The van der Waals surface area contributed by atoms with Gasteiger partial charge in [-0.2, -0.15) is 5.10 Å². The summed E-state index contributed by atoms with van der Waals surface area (Å²) in [6.45, 7) is 6.33. The predicted molar refractivity (Wildman–Crippen MR) is 55.6 cm³/mol. The molecule has 0 N–H and O–H groups in total. The van der Waals surface area contributed by atoms with Crippen molar-refractivity contribution in [2.75, 3.05) is 0 Å². The normalized spacial score (nSPS) is 11.7. The van der Waals surface area contributed by atoms with Crippen LogP contribution in [0.4, 0.5) is 0 Å². The molecule has 2 heterocycles. The summed E-state index contributed by atoms with van der Waals surface area (Å²) in [7, 11) is 0. The molecule has 5 heteroatoms. The molecule has 0 aliphatic heterocycles. The van der Waals surface area contributed by atoms with Crippen LogP contribution in [0.25, 0.3) is 5.82 Å². The van der Waals surface area contributed by atoms with Gasteiger partial charge in [-0.15, -0.1) is 0 Å². The standard InChI is InChI=1S/C10H13N5/c1-10(2,3)8-4-9(13-6-12-8)15-7-11-5-14-15/h4-7H,1-3H3. The Kier molecular flexibility index (Phi) is 2.22. The van der Waals surface area contributed by atoms with Crippen molar-refractivity contribution in [1.82, 2.24) is 24.7 Å². The summed E-state index contributed by atoms with van der Waals surface area (Å²) in [6, 6.07) is 1.93. The summed E-state index contributed by atoms with van der Waals surface area (Å²) in [5.41, 5.74) is 1.00. The van der Waals surface area contributed by atoms with Crippen LogP contribution in [-0.2, 0) is 5.41 Å². The highest BCUT2D eigenvalue weighted by Gasteiger charge is 2.16. The Bertz CT molecular complexity index is 441. The summed E-state index contributed by atoms with van der Waals surface area (Å²) in [4.78, 5) is 12.3. The zero-order chi connectivity index (χ0) is 10.9. The van der Waals surface area contributed by atoms with Gasteiger partial charge in [0.15, 0.2) is 5.82 Å². The molecule has 0 fully saturated rings. The van der Waals surface area contributed by atoms with Gasteiger partial charge < -0.3 is 0 Å². The molecule has 0 amide bonds. The SMILES string of the molecule is CC(C)(C)c1cc(-n2cncn2)ncn1. The van der Waals surface area contributed by atoms with Crippen LogP contribution in [0.1, 0.15) is 26.5 Å². The Morgan fingerprint density at radius 2 is 1.93 bits per heavy atom. The average molecular weight is 203 g/mol. The van der Waals surface area contributed by atoms with Crippen LogP contribution in [0.15, 0.2) is 25.0 Å². The van der Waals surface area contributed by atoms with E-state index in [1.54, 1.807) is 17.3 Å². The van der Waals surface area contributed by atoms with Crippen LogP contribution in [0.3, 0.4) is 0 Å². The minimum absolute atomic E-state index is 0.0122. The van der Waals surface area contributed by atoms with E-state index in [9.17, 15) is 0 Å². The molecule has 0 saturated heterocycles. The molecule has 0 aliphatic carbocycles. The van der Waals surface area contributed by atoms with Gasteiger partial charge in [0.25, 0.3) is 0 Å². The van der Waals surface area contributed by atoms with Crippen molar-refractivity contribution in [2.45, 2.75) is 26.2 Å². The van der Waals surface area contributed by atoms with Crippen LogP contribution >= 0.6 is 0 Å². The molecular weight excluding hydrogens is 190 g/mol. The first-order chi connectivity index (χ1) is 7.07. The highest BCUT2D eigenvalue weighted by Crippen LogP contribution is 2.20. The zero-order valence-corrected chi connectivity index (χ0v) is 9.05. The van der Waals surface area contributed by atoms with Gasteiger partial charge in [0.05, 0.1) is 5.69 Å². The first kappa shape index (κ1) is 9.76. The van der Waals surface area contributed by atoms with E-state index in [1.165, 1.54) is 6.33 Å². The fourth-order valence-corrected chi connectivity index (χ4v) is 1.21. The Labute approximate surface area is 88.2 Å². The van der Waals surface area contributed by atoms with E-state index in [2.05, 4.69) is 40.8 Å². The van der Waals surface area contributed by atoms with Gasteiger partial charge in [-0.25, -0.2) is 19.6 Å². The first-order valence-corrected chi connectivity index (χ1v) is 4.75. The molecule has 2 aromatic heterocycles. The largest absolute Gasteiger partial charge is 0.241 e. The number of rotatable bonds is 1. The minimum Gasteiger partial charge on any atom is -0.241 e. The third-order valence-electron chi connectivity index (χ3n) is 2.07. The Hall–Kier alpha value is -1.78. The maximum Gasteiger partial charge on any atom is 0.158 e. The Morgan fingerprint density at radius 3 is 2.53 bits per heavy atom. The van der Waals surface area contributed by atoms with Crippen LogP contribution in [-0.4, -0.2) is 24.7 Å². The van der Waals surface area contributed by atoms with Gasteiger partial charge in [-0.05, 0) is 0 Å². The minimum atomic E-state index is 0.0122. The lowest BCUT2D eigenvalue weighted by Crippen LogP contribution is -2.14. The summed E-state index contributed by atoms with van der Waals surface area (Å²) in [5, 5.41) is 4.02. The summed E-state index contributed by atoms with van der Waals surface area (Å²) in [5.74, 6) is 0.743. The monoisotopic (exact) mass is 203 g/mol. The van der Waals surface area contributed by atoms with E-state index in [4.69, 9.17) is 0 Å². The van der Waals surface area contributed by atoms with Gasteiger partial charge in [0.1, 0.15) is 19.0 Å². The van der Waals surface area contributed by atoms with Crippen LogP contribution < -0.4 is 0 Å². The van der Waals surface area contributed by atoms with Crippen LogP contribution in [0.2, 0.25) is 0 Å². The molecule has 0 saturated carbocycles. The molecule has 0 aromatic carbocycles. The first-order valence-electron chi connectivity index (χ1n) is 4.75. The molecule has 2 aromatic rings. The number of hydrogen-bond donors (Lipinski definition) is 0. The van der Waals surface area contributed by atoms with Crippen molar-refractivity contribution in [3.63, 3.8) is 0 Å². The van der Waals surface area contributed by atoms with E-state index in [1.807, 2.05) is 6.07 Å². The van der Waals surface area contributed by atoms with Gasteiger partial charge >= 0.3 is 0 Å². The second-order valence-electron chi connectivity index (χ2n) is 4.35. The van der Waals surface area contributed by atoms with E-state index in [0.717, 1.165) is 11.5 Å². The zero-order valence-electron chi connectivity index (χ0n) is 9.05. The van der Waals surface area contributed by atoms with Gasteiger partial charge in [0.2, 0.25) is 0 Å². The molecule has 0 aliphatic rings. The summed E-state index contributed by atoms with van der Waals surface area (Å²) < 4.78 is 1.62. The molecule has 78 valence electrons. The third-order valence-corrected chi connectivity index (χ3v) is 2.07. The molecule has 0 bridgehead atoms. The van der Waals surface area contributed by atoms with E-state index >= 15 is 0 Å². The fraction of sp³-hybridized carbons (Fsp3) is 0.400. The average Bonchev–Trinajstić information content (AvgIpc) is 2.69. The van der Waals surface area contributed by atoms with Crippen molar-refractivity contribution in [2.24, 2.45) is 0 Å². The Balaban J connectivity index is 2.44. The van der Waals surface area contributed by atoms with E-state index < -0.39 is 0 Å². The van der Waals surface area contributed by atoms with Crippen LogP contribution in [0, 0.1) is 0 Å². The molecule has 0 atom stereocenters.